The Morgan fingerprint density at radius 3 is 2.53 bits per heavy atom. The lowest BCUT2D eigenvalue weighted by Gasteiger charge is -2.13. The molecule has 98 valence electrons. The van der Waals surface area contributed by atoms with Crippen molar-refractivity contribution < 1.29 is 23.1 Å². The van der Waals surface area contributed by atoms with Crippen molar-refractivity contribution >= 4 is 21.7 Å². The van der Waals surface area contributed by atoms with Gasteiger partial charge in [0.05, 0.1) is 11.5 Å². The third-order valence-corrected chi connectivity index (χ3v) is 4.68. The van der Waals surface area contributed by atoms with E-state index in [0.29, 0.717) is 12.8 Å². The minimum Gasteiger partial charge on any atom is -0.480 e. The molecule has 1 aliphatic heterocycles. The molecule has 2 N–H and O–H groups in total. The average Bonchev–Trinajstić information content (AvgIpc) is 2.54. The highest BCUT2D eigenvalue weighted by Crippen LogP contribution is 2.21. The van der Waals surface area contributed by atoms with Crippen LogP contribution in [0.25, 0.3) is 0 Å². The van der Waals surface area contributed by atoms with Crippen LogP contribution in [-0.4, -0.2) is 42.9 Å². The van der Waals surface area contributed by atoms with E-state index in [-0.39, 0.29) is 29.8 Å². The topological polar surface area (TPSA) is 101 Å². The second kappa shape index (κ2) is 5.48. The molecule has 1 heterocycles. The zero-order chi connectivity index (χ0) is 13.1. The van der Waals surface area contributed by atoms with Crippen molar-refractivity contribution in [3.8, 4) is 0 Å². The molecule has 1 aliphatic rings. The smallest absolute Gasteiger partial charge is 0.326 e. The maximum atomic E-state index is 11.5. The molecule has 17 heavy (non-hydrogen) atoms. The Kier molecular flexibility index (Phi) is 4.50. The second-order valence-corrected chi connectivity index (χ2v) is 6.57. The Morgan fingerprint density at radius 2 is 2.12 bits per heavy atom. The number of hydrogen-bond acceptors (Lipinski definition) is 4. The van der Waals surface area contributed by atoms with Gasteiger partial charge in [-0.15, -0.1) is 0 Å². The molecule has 0 aromatic rings. The summed E-state index contributed by atoms with van der Waals surface area (Å²) in [6.07, 6.45) is 0.882. The molecule has 1 rings (SSSR count). The molecular formula is C10H17NO5S. The van der Waals surface area contributed by atoms with Crippen molar-refractivity contribution in [3.05, 3.63) is 0 Å². The van der Waals surface area contributed by atoms with Gasteiger partial charge in [-0.05, 0) is 18.8 Å². The fourth-order valence-corrected chi connectivity index (χ4v) is 3.75. The summed E-state index contributed by atoms with van der Waals surface area (Å²) in [5, 5.41) is 11.1. The normalized spacial score (nSPS) is 24.2. The van der Waals surface area contributed by atoms with Crippen LogP contribution in [0.4, 0.5) is 0 Å². The van der Waals surface area contributed by atoms with Crippen molar-refractivity contribution in [1.29, 1.82) is 0 Å². The lowest BCUT2D eigenvalue weighted by atomic mass is 10.0. The Balaban J connectivity index is 2.43. The molecule has 1 amide bonds. The minimum absolute atomic E-state index is 0.0320. The first-order valence-electron chi connectivity index (χ1n) is 5.56. The molecule has 6 nitrogen and oxygen atoms in total. The number of carbonyl (C=O) groups is 2. The van der Waals surface area contributed by atoms with Gasteiger partial charge in [-0.2, -0.15) is 0 Å². The van der Waals surface area contributed by atoms with Gasteiger partial charge in [0.2, 0.25) is 5.91 Å². The van der Waals surface area contributed by atoms with Crippen LogP contribution < -0.4 is 5.32 Å². The number of sulfone groups is 1. The summed E-state index contributed by atoms with van der Waals surface area (Å²) in [6.45, 7) is 1.67. The van der Waals surface area contributed by atoms with E-state index < -0.39 is 21.8 Å². The predicted octanol–water partition coefficient (Wildman–Crippen LogP) is -0.209. The van der Waals surface area contributed by atoms with E-state index in [1.165, 1.54) is 0 Å². The number of carbonyl (C=O) groups excluding carboxylic acids is 1. The van der Waals surface area contributed by atoms with E-state index in [9.17, 15) is 18.0 Å². The third-order valence-electron chi connectivity index (χ3n) is 2.84. The van der Waals surface area contributed by atoms with E-state index in [2.05, 4.69) is 5.32 Å². The Hall–Kier alpha value is -1.11. The molecular weight excluding hydrogens is 246 g/mol. The van der Waals surface area contributed by atoms with Crippen LogP contribution in [0.15, 0.2) is 0 Å². The van der Waals surface area contributed by atoms with Gasteiger partial charge in [-0.25, -0.2) is 13.2 Å². The lowest BCUT2D eigenvalue weighted by Crippen LogP contribution is -2.40. The molecule has 7 heteroatoms. The molecule has 0 radical (unpaired) electrons. The van der Waals surface area contributed by atoms with Crippen molar-refractivity contribution in [2.75, 3.05) is 11.5 Å². The molecule has 1 saturated heterocycles. The lowest BCUT2D eigenvalue weighted by molar-refractivity contribution is -0.142. The van der Waals surface area contributed by atoms with Gasteiger partial charge in [0, 0.05) is 6.42 Å². The van der Waals surface area contributed by atoms with Gasteiger partial charge < -0.3 is 10.4 Å². The zero-order valence-corrected chi connectivity index (χ0v) is 10.5. The van der Waals surface area contributed by atoms with E-state index in [1.54, 1.807) is 6.92 Å². The highest BCUT2D eigenvalue weighted by atomic mass is 32.2. The van der Waals surface area contributed by atoms with E-state index in [0.717, 1.165) is 0 Å². The number of carboxylic acid groups (broad SMARTS) is 1. The van der Waals surface area contributed by atoms with E-state index in [1.807, 2.05) is 0 Å². The number of hydrogen-bond donors (Lipinski definition) is 2. The highest BCUT2D eigenvalue weighted by Gasteiger charge is 2.30. The summed E-state index contributed by atoms with van der Waals surface area (Å²) in [5.41, 5.74) is 0. The second-order valence-electron chi connectivity index (χ2n) is 4.34. The first kappa shape index (κ1) is 14.0. The van der Waals surface area contributed by atoms with Crippen LogP contribution in [0.5, 0.6) is 0 Å². The maximum absolute atomic E-state index is 11.5. The van der Waals surface area contributed by atoms with Crippen molar-refractivity contribution in [3.63, 3.8) is 0 Å². The number of carboxylic acids is 1. The molecule has 2 unspecified atom stereocenters. The summed E-state index contributed by atoms with van der Waals surface area (Å²) in [6, 6.07) is -0.888. The van der Waals surface area contributed by atoms with E-state index in [4.69, 9.17) is 5.11 Å². The fourth-order valence-electron chi connectivity index (χ4n) is 1.89. The summed E-state index contributed by atoms with van der Waals surface area (Å²) in [5.74, 6) is -1.47. The Morgan fingerprint density at radius 1 is 1.47 bits per heavy atom. The Labute approximate surface area is 100 Å². The number of rotatable bonds is 5. The van der Waals surface area contributed by atoms with Gasteiger partial charge in [0.1, 0.15) is 6.04 Å². The van der Waals surface area contributed by atoms with Crippen LogP contribution in [0.1, 0.15) is 26.2 Å². The summed E-state index contributed by atoms with van der Waals surface area (Å²) in [4.78, 5) is 22.2. The van der Waals surface area contributed by atoms with Crippen LogP contribution in [-0.2, 0) is 19.4 Å². The van der Waals surface area contributed by atoms with Gasteiger partial charge in [0.25, 0.3) is 0 Å². The quantitative estimate of drug-likeness (QED) is 0.715. The number of aliphatic carboxylic acids is 1. The SMILES string of the molecule is CCC(NC(=O)CC1CCS(=O)(=O)C1)C(=O)O. The average molecular weight is 263 g/mol. The van der Waals surface area contributed by atoms with Gasteiger partial charge in [-0.1, -0.05) is 6.92 Å². The van der Waals surface area contributed by atoms with E-state index >= 15 is 0 Å². The van der Waals surface area contributed by atoms with Crippen molar-refractivity contribution in [1.82, 2.24) is 5.32 Å². The molecule has 0 spiro atoms. The number of amides is 1. The van der Waals surface area contributed by atoms with Crippen molar-refractivity contribution in [2.24, 2.45) is 5.92 Å². The third kappa shape index (κ3) is 4.33. The fraction of sp³-hybridized carbons (Fsp3) is 0.800. The van der Waals surface area contributed by atoms with Crippen molar-refractivity contribution in [2.45, 2.75) is 32.2 Å². The van der Waals surface area contributed by atoms with Crippen LogP contribution >= 0.6 is 0 Å². The van der Waals surface area contributed by atoms with Crippen LogP contribution in [0, 0.1) is 5.92 Å². The Bertz CT molecular complexity index is 403. The monoisotopic (exact) mass is 263 g/mol. The standard InChI is InChI=1S/C10H17NO5S/c1-2-8(10(13)14)11-9(12)5-7-3-4-17(15,16)6-7/h7-8H,2-6H2,1H3,(H,11,12)(H,13,14). The molecule has 0 aromatic carbocycles. The largest absolute Gasteiger partial charge is 0.480 e. The number of nitrogens with one attached hydrogen (secondary N) is 1. The van der Waals surface area contributed by atoms with Gasteiger partial charge >= 0.3 is 5.97 Å². The first-order chi connectivity index (χ1) is 7.84. The van der Waals surface area contributed by atoms with Gasteiger partial charge in [-0.3, -0.25) is 4.79 Å². The molecule has 1 fully saturated rings. The maximum Gasteiger partial charge on any atom is 0.326 e. The first-order valence-corrected chi connectivity index (χ1v) is 7.38. The van der Waals surface area contributed by atoms with Crippen LogP contribution in [0.2, 0.25) is 0 Å². The predicted molar refractivity (Wildman–Crippen MR) is 61.2 cm³/mol. The highest BCUT2D eigenvalue weighted by molar-refractivity contribution is 7.91. The summed E-state index contributed by atoms with van der Waals surface area (Å²) in [7, 11) is -2.99. The minimum atomic E-state index is -2.99. The molecule has 0 bridgehead atoms. The molecule has 0 aliphatic carbocycles. The molecule has 0 saturated carbocycles. The molecule has 2 atom stereocenters. The summed E-state index contributed by atoms with van der Waals surface area (Å²) >= 11 is 0. The summed E-state index contributed by atoms with van der Waals surface area (Å²) < 4.78 is 22.4. The van der Waals surface area contributed by atoms with Crippen LogP contribution in [0.3, 0.4) is 0 Å². The zero-order valence-electron chi connectivity index (χ0n) is 9.68. The van der Waals surface area contributed by atoms with Gasteiger partial charge in [0.15, 0.2) is 9.84 Å². The molecule has 0 aromatic heterocycles.